The Bertz CT molecular complexity index is 3010. The summed E-state index contributed by atoms with van der Waals surface area (Å²) in [4.78, 5) is 149. The fourth-order valence-corrected chi connectivity index (χ4v) is 9.86. The number of carbonyl (C=O) groups is 9. The zero-order valence-corrected chi connectivity index (χ0v) is 42.9. The van der Waals surface area contributed by atoms with Crippen molar-refractivity contribution in [2.45, 2.75) is 64.5 Å². The highest BCUT2D eigenvalue weighted by atomic mass is 16.5. The number of likely N-dealkylation sites (N-methyl/N-ethyl adjacent to an activating group) is 2. The number of piperazine rings is 1. The quantitative estimate of drug-likeness (QED) is 0.0428. The highest BCUT2D eigenvalue weighted by molar-refractivity contribution is 6.25. The molecule has 76 heavy (non-hydrogen) atoms. The molecule has 0 bridgehead atoms. The van der Waals surface area contributed by atoms with Crippen molar-refractivity contribution in [2.24, 2.45) is 0 Å². The summed E-state index contributed by atoms with van der Waals surface area (Å²) in [5.41, 5.74) is 2.12. The van der Waals surface area contributed by atoms with Crippen LogP contribution in [0.15, 0.2) is 47.5 Å². The van der Waals surface area contributed by atoms with Gasteiger partial charge in [-0.15, -0.1) is 0 Å². The largest absolute Gasteiger partial charge is 0.378 e. The molecule has 8 rings (SSSR count). The number of hydrogen-bond acceptors (Lipinski definition) is 18. The van der Waals surface area contributed by atoms with Gasteiger partial charge in [0.15, 0.2) is 5.78 Å². The predicted octanol–water partition coefficient (Wildman–Crippen LogP) is 0.357. The van der Waals surface area contributed by atoms with Crippen LogP contribution in [0.1, 0.15) is 88.1 Å². The van der Waals surface area contributed by atoms with Crippen molar-refractivity contribution in [1.29, 1.82) is 0 Å². The molecular weight excluding hydrogens is 985 g/mol. The lowest BCUT2D eigenvalue weighted by Gasteiger charge is -2.36. The summed E-state index contributed by atoms with van der Waals surface area (Å²) < 4.78 is 7.20. The fourth-order valence-electron chi connectivity index (χ4n) is 9.86. The SMILES string of the molecule is CC(=O)c1c(C)c2cnc(Nc3ccc(N4CCN(CC(=O)N(C)CC(=O)NCCOCCNC(=O)CN(C)C(=O)CNc5cccc6c5C(=O)N(C5CCC(=O)NC5=O)C6=O)CC4)cn3)nc2n(C2CCCC2)c1=O. The second-order valence-corrected chi connectivity index (χ2v) is 19.2. The van der Waals surface area contributed by atoms with Gasteiger partial charge in [-0.2, -0.15) is 4.98 Å². The summed E-state index contributed by atoms with van der Waals surface area (Å²) in [7, 11) is 3.00. The molecule has 8 amide bonds. The first-order valence-electron chi connectivity index (χ1n) is 25.3. The number of rotatable bonds is 21. The van der Waals surface area contributed by atoms with Crippen molar-refractivity contribution in [3.8, 4) is 0 Å². The number of imide groups is 2. The molecule has 0 radical (unpaired) electrons. The lowest BCUT2D eigenvalue weighted by Crippen LogP contribution is -2.54. The number of pyridine rings is 2. The highest BCUT2D eigenvalue weighted by Crippen LogP contribution is 2.34. The molecule has 6 heterocycles. The summed E-state index contributed by atoms with van der Waals surface area (Å²) in [5.74, 6) is -3.57. The molecule has 2 saturated heterocycles. The maximum absolute atomic E-state index is 13.6. The van der Waals surface area contributed by atoms with E-state index in [0.29, 0.717) is 48.6 Å². The second-order valence-electron chi connectivity index (χ2n) is 19.2. The van der Waals surface area contributed by atoms with Crippen molar-refractivity contribution in [3.63, 3.8) is 0 Å². The van der Waals surface area contributed by atoms with E-state index in [9.17, 15) is 47.9 Å². The zero-order valence-electron chi connectivity index (χ0n) is 42.9. The van der Waals surface area contributed by atoms with Gasteiger partial charge in [0.1, 0.15) is 17.5 Å². The molecule has 0 spiro atoms. The van der Waals surface area contributed by atoms with Crippen LogP contribution in [-0.4, -0.2) is 191 Å². The maximum Gasteiger partial charge on any atom is 0.264 e. The van der Waals surface area contributed by atoms with Crippen molar-refractivity contribution in [1.82, 2.24) is 55.1 Å². The number of hydrogen-bond donors (Lipinski definition) is 5. The van der Waals surface area contributed by atoms with E-state index in [0.717, 1.165) is 36.3 Å². The third kappa shape index (κ3) is 12.3. The molecule has 4 aliphatic rings. The summed E-state index contributed by atoms with van der Waals surface area (Å²) >= 11 is 0. The van der Waals surface area contributed by atoms with Crippen molar-refractivity contribution in [3.05, 3.63) is 75.3 Å². The molecule has 402 valence electrons. The molecule has 1 saturated carbocycles. The Balaban J connectivity index is 0.682. The van der Waals surface area contributed by atoms with Crippen molar-refractivity contribution in [2.75, 3.05) is 108 Å². The molecule has 5 N–H and O–H groups in total. The van der Waals surface area contributed by atoms with E-state index in [4.69, 9.17) is 9.72 Å². The number of nitrogens with one attached hydrogen (secondary N) is 5. The van der Waals surface area contributed by atoms with Gasteiger partial charge in [-0.05, 0) is 62.9 Å². The number of ketones is 1. The van der Waals surface area contributed by atoms with E-state index < -0.39 is 41.5 Å². The Morgan fingerprint density at radius 3 is 2.14 bits per heavy atom. The number of amides is 8. The van der Waals surface area contributed by atoms with Crippen LogP contribution in [0.5, 0.6) is 0 Å². The molecule has 25 nitrogen and oxygen atoms in total. The van der Waals surface area contributed by atoms with Crippen LogP contribution >= 0.6 is 0 Å². The molecule has 3 aromatic heterocycles. The first-order chi connectivity index (χ1) is 36.5. The van der Waals surface area contributed by atoms with Gasteiger partial charge in [0.2, 0.25) is 41.4 Å². The Morgan fingerprint density at radius 1 is 0.816 bits per heavy atom. The number of piperidine rings is 1. The van der Waals surface area contributed by atoms with Crippen LogP contribution < -0.4 is 37.0 Å². The Hall–Kier alpha value is -8.19. The Labute approximate surface area is 437 Å². The third-order valence-electron chi connectivity index (χ3n) is 14.0. The van der Waals surface area contributed by atoms with Crippen LogP contribution in [-0.2, 0) is 33.5 Å². The molecule has 3 fully saturated rings. The number of ether oxygens (including phenoxy) is 1. The number of anilines is 4. The van der Waals surface area contributed by atoms with Crippen molar-refractivity contribution < 1.29 is 47.9 Å². The van der Waals surface area contributed by atoms with Gasteiger partial charge in [-0.1, -0.05) is 18.9 Å². The first-order valence-corrected chi connectivity index (χ1v) is 25.3. The number of fused-ring (bicyclic) bond motifs is 2. The lowest BCUT2D eigenvalue weighted by molar-refractivity contribution is -0.136. The van der Waals surface area contributed by atoms with E-state index in [-0.39, 0.29) is 123 Å². The van der Waals surface area contributed by atoms with E-state index in [1.807, 2.05) is 17.0 Å². The molecule has 1 aliphatic carbocycles. The predicted molar refractivity (Wildman–Crippen MR) is 276 cm³/mol. The van der Waals surface area contributed by atoms with E-state index >= 15 is 0 Å². The standard InChI is InChI=1S/C51H62N14O11/c1-30-35-25-56-51(59-46(35)64(32-8-5-6-9-32)49(74)44(30)31(2)66)57-38-14-12-33(24-55-38)63-20-18-62(19-21-63)29-43(71)61(4)28-41(69)53-17-23-76-22-16-52-40(68)27-60(3)42(70)26-54-36-11-7-10-34-45(36)50(75)65(48(34)73)37-13-15-39(67)58-47(37)72/h7,10-12,14,24-25,32,37,54H,5-6,8-9,13,15-23,26-29H2,1-4H3,(H,52,68)(H,53,69)(H,58,67,72)(H,55,56,57,59). The second kappa shape index (κ2) is 24.0. The summed E-state index contributed by atoms with van der Waals surface area (Å²) in [6.07, 6.45) is 7.09. The van der Waals surface area contributed by atoms with E-state index in [1.165, 1.54) is 42.0 Å². The Kier molecular flexibility index (Phi) is 17.1. The minimum Gasteiger partial charge on any atom is -0.378 e. The molecular formula is C51H62N14O11. The average molecular weight is 1050 g/mol. The van der Waals surface area contributed by atoms with Crippen LogP contribution in [0.4, 0.5) is 23.1 Å². The number of Topliss-reactive ketones (excluding diaryl/α,β-unsaturated/α-hetero) is 1. The minimum atomic E-state index is -1.13. The highest BCUT2D eigenvalue weighted by Gasteiger charge is 2.45. The lowest BCUT2D eigenvalue weighted by atomic mass is 10.0. The van der Waals surface area contributed by atoms with Gasteiger partial charge < -0.3 is 40.7 Å². The first kappa shape index (κ1) is 54.1. The van der Waals surface area contributed by atoms with E-state index in [1.54, 1.807) is 30.9 Å². The smallest absolute Gasteiger partial charge is 0.264 e. The molecule has 4 aromatic rings. The fraction of sp³-hybridized carbons (Fsp3) is 0.471. The third-order valence-corrected chi connectivity index (χ3v) is 14.0. The van der Waals surface area contributed by atoms with Gasteiger partial charge in [0.25, 0.3) is 17.4 Å². The number of aromatic nitrogens is 4. The number of benzene rings is 1. The average Bonchev–Trinajstić information content (AvgIpc) is 4.04. The Morgan fingerprint density at radius 2 is 1.50 bits per heavy atom. The van der Waals surface area contributed by atoms with E-state index in [2.05, 4.69) is 41.5 Å². The number of carbonyl (C=O) groups excluding carboxylic acids is 9. The normalized spacial score (nSPS) is 16.9. The van der Waals surface area contributed by atoms with Crippen LogP contribution in [0, 0.1) is 6.92 Å². The number of nitrogens with zero attached hydrogens (tertiary/aromatic N) is 9. The van der Waals surface area contributed by atoms with Crippen LogP contribution in [0.2, 0.25) is 0 Å². The number of aryl methyl sites for hydroxylation is 1. The molecule has 25 heteroatoms. The van der Waals surface area contributed by atoms with Gasteiger partial charge in [-0.25, -0.2) is 9.97 Å². The van der Waals surface area contributed by atoms with Crippen LogP contribution in [0.25, 0.3) is 11.0 Å². The van der Waals surface area contributed by atoms with Gasteiger partial charge in [0, 0.05) is 83.1 Å². The summed E-state index contributed by atoms with van der Waals surface area (Å²) in [6, 6.07) is 7.10. The zero-order chi connectivity index (χ0) is 54.2. The summed E-state index contributed by atoms with van der Waals surface area (Å²) in [5, 5.41) is 14.2. The molecule has 3 aliphatic heterocycles. The monoisotopic (exact) mass is 1050 g/mol. The van der Waals surface area contributed by atoms with Gasteiger partial charge >= 0.3 is 0 Å². The molecule has 1 atom stereocenters. The van der Waals surface area contributed by atoms with Gasteiger partial charge in [0.05, 0.1) is 68.0 Å². The van der Waals surface area contributed by atoms with Crippen LogP contribution in [0.3, 0.4) is 0 Å². The molecule has 1 unspecified atom stereocenters. The summed E-state index contributed by atoms with van der Waals surface area (Å²) in [6.45, 7) is 5.76. The van der Waals surface area contributed by atoms with Crippen molar-refractivity contribution >= 4 is 87.2 Å². The molecule has 1 aromatic carbocycles. The van der Waals surface area contributed by atoms with Gasteiger partial charge in [-0.3, -0.25) is 67.6 Å². The maximum atomic E-state index is 13.6. The minimum absolute atomic E-state index is 0.00710. The topological polar surface area (TPSA) is 300 Å².